The maximum absolute atomic E-state index is 13.3. The third kappa shape index (κ3) is 2.89. The zero-order chi connectivity index (χ0) is 17.4. The summed E-state index contributed by atoms with van der Waals surface area (Å²) >= 11 is 0. The van der Waals surface area contributed by atoms with Crippen LogP contribution in [-0.4, -0.2) is 45.2 Å². The number of pyridine rings is 1. The van der Waals surface area contributed by atoms with E-state index in [2.05, 4.69) is 15.4 Å². The molecule has 2 aromatic heterocycles. The van der Waals surface area contributed by atoms with Gasteiger partial charge < -0.3 is 10.2 Å². The van der Waals surface area contributed by atoms with Gasteiger partial charge >= 0.3 is 0 Å². The fraction of sp³-hybridized carbons (Fsp3) is 0.316. The molecule has 1 aliphatic rings. The number of amides is 1. The Kier molecular flexibility index (Phi) is 3.97. The first-order valence-electron chi connectivity index (χ1n) is 8.50. The summed E-state index contributed by atoms with van der Waals surface area (Å²) in [6.07, 6.45) is 3.81. The van der Waals surface area contributed by atoms with Crippen molar-refractivity contribution in [2.24, 2.45) is 7.05 Å². The van der Waals surface area contributed by atoms with E-state index < -0.39 is 0 Å². The average molecular weight is 335 g/mol. The molecule has 0 saturated carbocycles. The molecule has 0 spiro atoms. The number of hydrogen-bond acceptors (Lipinski definition) is 4. The number of rotatable bonds is 2. The Hall–Kier alpha value is -2.73. The monoisotopic (exact) mass is 335 g/mol. The zero-order valence-corrected chi connectivity index (χ0v) is 14.4. The van der Waals surface area contributed by atoms with Crippen LogP contribution in [-0.2, 0) is 7.05 Å². The number of piperazine rings is 1. The van der Waals surface area contributed by atoms with E-state index in [1.165, 1.54) is 0 Å². The topological polar surface area (TPSA) is 63.1 Å². The first kappa shape index (κ1) is 15.8. The Morgan fingerprint density at radius 3 is 2.96 bits per heavy atom. The van der Waals surface area contributed by atoms with Crippen molar-refractivity contribution in [1.29, 1.82) is 0 Å². The number of nitrogens with zero attached hydrogens (tertiary/aromatic N) is 4. The summed E-state index contributed by atoms with van der Waals surface area (Å²) in [6.45, 7) is 4.14. The third-order valence-electron chi connectivity index (χ3n) is 4.70. The highest BCUT2D eigenvalue weighted by atomic mass is 16.2. The Morgan fingerprint density at radius 1 is 1.28 bits per heavy atom. The molecule has 1 aliphatic heterocycles. The minimum atomic E-state index is -0.0185. The summed E-state index contributed by atoms with van der Waals surface area (Å²) in [5.74, 6) is 0.0269. The van der Waals surface area contributed by atoms with Gasteiger partial charge in [0.2, 0.25) is 0 Å². The third-order valence-corrected chi connectivity index (χ3v) is 4.70. The van der Waals surface area contributed by atoms with Crippen molar-refractivity contribution in [3.05, 3.63) is 59.5 Å². The van der Waals surface area contributed by atoms with E-state index in [1.807, 2.05) is 61.6 Å². The number of aromatic nitrogens is 3. The maximum atomic E-state index is 13.3. The minimum Gasteiger partial charge on any atom is -0.329 e. The molecule has 128 valence electrons. The zero-order valence-electron chi connectivity index (χ0n) is 14.4. The van der Waals surface area contributed by atoms with E-state index in [9.17, 15) is 4.79 Å². The highest BCUT2D eigenvalue weighted by molar-refractivity contribution is 6.05. The smallest absolute Gasteiger partial charge is 0.256 e. The number of fused-ring (bicyclic) bond motifs is 1. The molecule has 1 amide bonds. The fourth-order valence-electron chi connectivity index (χ4n) is 3.43. The molecule has 0 bridgehead atoms. The van der Waals surface area contributed by atoms with Crippen molar-refractivity contribution in [1.82, 2.24) is 25.0 Å². The van der Waals surface area contributed by atoms with Gasteiger partial charge in [-0.25, -0.2) is 0 Å². The molecular weight excluding hydrogens is 314 g/mol. The first-order valence-corrected chi connectivity index (χ1v) is 8.50. The van der Waals surface area contributed by atoms with E-state index in [4.69, 9.17) is 0 Å². The first-order chi connectivity index (χ1) is 12.1. The average Bonchev–Trinajstić information content (AvgIpc) is 3.07. The van der Waals surface area contributed by atoms with Gasteiger partial charge in [-0.1, -0.05) is 18.2 Å². The summed E-state index contributed by atoms with van der Waals surface area (Å²) in [7, 11) is 1.89. The molecular formula is C19H21N5O. The van der Waals surface area contributed by atoms with Crippen LogP contribution in [0, 0.1) is 6.92 Å². The van der Waals surface area contributed by atoms with Crippen LogP contribution in [0.3, 0.4) is 0 Å². The van der Waals surface area contributed by atoms with Gasteiger partial charge in [-0.3, -0.25) is 14.5 Å². The van der Waals surface area contributed by atoms with Gasteiger partial charge in [0.25, 0.3) is 5.91 Å². The number of hydrogen-bond donors (Lipinski definition) is 1. The van der Waals surface area contributed by atoms with Crippen molar-refractivity contribution >= 4 is 16.8 Å². The van der Waals surface area contributed by atoms with E-state index in [0.29, 0.717) is 12.1 Å². The normalized spacial score (nSPS) is 17.8. The molecule has 4 rings (SSSR count). The summed E-state index contributed by atoms with van der Waals surface area (Å²) in [5, 5.41) is 8.63. The summed E-state index contributed by atoms with van der Waals surface area (Å²) in [4.78, 5) is 19.9. The SMILES string of the molecule is Cc1ccc2cccc(C(=O)N3CCNCC3c3cnn(C)c3)c2n1. The molecule has 3 heterocycles. The lowest BCUT2D eigenvalue weighted by molar-refractivity contribution is 0.0636. The second kappa shape index (κ2) is 6.29. The predicted octanol–water partition coefficient (Wildman–Crippen LogP) is 2.06. The van der Waals surface area contributed by atoms with Crippen LogP contribution < -0.4 is 5.32 Å². The van der Waals surface area contributed by atoms with Gasteiger partial charge in [-0.05, 0) is 19.1 Å². The molecule has 25 heavy (non-hydrogen) atoms. The second-order valence-electron chi connectivity index (χ2n) is 6.50. The lowest BCUT2D eigenvalue weighted by atomic mass is 10.0. The van der Waals surface area contributed by atoms with Gasteiger partial charge in [0.1, 0.15) is 0 Å². The van der Waals surface area contributed by atoms with Gasteiger partial charge in [-0.15, -0.1) is 0 Å². The number of benzene rings is 1. The van der Waals surface area contributed by atoms with Crippen LogP contribution in [0.4, 0.5) is 0 Å². The highest BCUT2D eigenvalue weighted by Crippen LogP contribution is 2.26. The van der Waals surface area contributed by atoms with Crippen molar-refractivity contribution in [3.63, 3.8) is 0 Å². The molecule has 6 nitrogen and oxygen atoms in total. The molecule has 6 heteroatoms. The number of aryl methyl sites for hydroxylation is 2. The molecule has 1 unspecified atom stereocenters. The standard InChI is InChI=1S/C19H21N5O/c1-13-6-7-14-4-3-5-16(18(14)22-13)19(25)24-9-8-20-11-17(24)15-10-21-23(2)12-15/h3-7,10,12,17,20H,8-9,11H2,1-2H3. The Balaban J connectivity index is 1.75. The minimum absolute atomic E-state index is 0.0185. The van der Waals surface area contributed by atoms with Crippen molar-refractivity contribution < 1.29 is 4.79 Å². The van der Waals surface area contributed by atoms with Crippen molar-refractivity contribution in [2.75, 3.05) is 19.6 Å². The van der Waals surface area contributed by atoms with Crippen LogP contribution >= 0.6 is 0 Å². The Labute approximate surface area is 146 Å². The van der Waals surface area contributed by atoms with E-state index in [1.54, 1.807) is 4.68 Å². The molecule has 3 aromatic rings. The van der Waals surface area contributed by atoms with E-state index in [0.717, 1.165) is 35.2 Å². The maximum Gasteiger partial charge on any atom is 0.256 e. The molecule has 1 atom stereocenters. The summed E-state index contributed by atoms with van der Waals surface area (Å²) in [6, 6.07) is 9.77. The van der Waals surface area contributed by atoms with Crippen LogP contribution in [0.1, 0.15) is 27.7 Å². The number of nitrogens with one attached hydrogen (secondary N) is 1. The lowest BCUT2D eigenvalue weighted by Crippen LogP contribution is -2.48. The number of carbonyl (C=O) groups is 1. The summed E-state index contributed by atoms with van der Waals surface area (Å²) in [5.41, 5.74) is 3.40. The number of para-hydroxylation sites is 1. The molecule has 1 fully saturated rings. The quantitative estimate of drug-likeness (QED) is 0.779. The van der Waals surface area contributed by atoms with Gasteiger partial charge in [0.05, 0.1) is 23.3 Å². The molecule has 0 radical (unpaired) electrons. The highest BCUT2D eigenvalue weighted by Gasteiger charge is 2.30. The van der Waals surface area contributed by atoms with Crippen LogP contribution in [0.5, 0.6) is 0 Å². The molecule has 1 N–H and O–H groups in total. The Bertz CT molecular complexity index is 932. The molecule has 1 aromatic carbocycles. The number of carbonyl (C=O) groups excluding carboxylic acids is 1. The largest absolute Gasteiger partial charge is 0.329 e. The summed E-state index contributed by atoms with van der Waals surface area (Å²) < 4.78 is 1.77. The van der Waals surface area contributed by atoms with Crippen LogP contribution in [0.15, 0.2) is 42.7 Å². The second-order valence-corrected chi connectivity index (χ2v) is 6.50. The van der Waals surface area contributed by atoms with Crippen molar-refractivity contribution in [3.8, 4) is 0 Å². The van der Waals surface area contributed by atoms with E-state index in [-0.39, 0.29) is 11.9 Å². The van der Waals surface area contributed by atoms with Crippen LogP contribution in [0.25, 0.3) is 10.9 Å². The molecule has 0 aliphatic carbocycles. The Morgan fingerprint density at radius 2 is 2.16 bits per heavy atom. The van der Waals surface area contributed by atoms with Crippen LogP contribution in [0.2, 0.25) is 0 Å². The lowest BCUT2D eigenvalue weighted by Gasteiger charge is -2.36. The van der Waals surface area contributed by atoms with E-state index >= 15 is 0 Å². The van der Waals surface area contributed by atoms with Gasteiger partial charge in [-0.2, -0.15) is 5.10 Å². The molecule has 1 saturated heterocycles. The van der Waals surface area contributed by atoms with Crippen molar-refractivity contribution in [2.45, 2.75) is 13.0 Å². The van der Waals surface area contributed by atoms with Gasteiger partial charge in [0.15, 0.2) is 0 Å². The van der Waals surface area contributed by atoms with Gasteiger partial charge in [0, 0.05) is 49.5 Å². The predicted molar refractivity (Wildman–Crippen MR) is 96.3 cm³/mol. The fourth-order valence-corrected chi connectivity index (χ4v) is 3.43.